The zero-order valence-electron chi connectivity index (χ0n) is 24.9. The van der Waals surface area contributed by atoms with Crippen LogP contribution in [0.2, 0.25) is 0 Å². The highest BCUT2D eigenvalue weighted by Crippen LogP contribution is 2.36. The van der Waals surface area contributed by atoms with Gasteiger partial charge in [0.2, 0.25) is 0 Å². The largest absolute Gasteiger partial charge is 0.507 e. The molecule has 2 atom stereocenters. The van der Waals surface area contributed by atoms with E-state index in [-0.39, 0.29) is 11.6 Å². The van der Waals surface area contributed by atoms with E-state index in [0.29, 0.717) is 23.3 Å². The van der Waals surface area contributed by atoms with E-state index in [1.54, 1.807) is 18.2 Å². The second-order valence-electron chi connectivity index (χ2n) is 10.2. The normalized spacial score (nSPS) is 20.9. The van der Waals surface area contributed by atoms with Crippen molar-refractivity contribution in [1.29, 1.82) is 0 Å². The number of nitrogens with zero attached hydrogens (tertiary/aromatic N) is 3. The fourth-order valence-electron chi connectivity index (χ4n) is 5.97. The summed E-state index contributed by atoms with van der Waals surface area (Å²) >= 11 is 0. The Morgan fingerprint density at radius 1 is 0.925 bits per heavy atom. The van der Waals surface area contributed by atoms with Gasteiger partial charge in [-0.2, -0.15) is 0 Å². The summed E-state index contributed by atoms with van der Waals surface area (Å²) in [6.07, 6.45) is 5.30. The Labute approximate surface area is 241 Å². The Balaban J connectivity index is 0.00000106. The molecular weight excluding hydrogens is 498 g/mol. The molecule has 3 fully saturated rings. The van der Waals surface area contributed by atoms with E-state index in [9.17, 15) is 5.11 Å². The van der Waals surface area contributed by atoms with Crippen molar-refractivity contribution in [3.8, 4) is 5.75 Å². The summed E-state index contributed by atoms with van der Waals surface area (Å²) in [6, 6.07) is 16.9. The second-order valence-corrected chi connectivity index (χ2v) is 10.2. The maximum Gasteiger partial charge on any atom is 0.124 e. The zero-order valence-corrected chi connectivity index (χ0v) is 24.9. The first kappa shape index (κ1) is 31.2. The molecule has 8 N–H and O–H groups in total. The van der Waals surface area contributed by atoms with Crippen LogP contribution in [0.4, 0.5) is 5.69 Å². The Morgan fingerprint density at radius 2 is 1.57 bits per heavy atom. The van der Waals surface area contributed by atoms with Gasteiger partial charge < -0.3 is 37.4 Å². The number of aromatic hydroxyl groups is 1. The number of likely N-dealkylation sites (tertiary alicyclic amines) is 1. The minimum atomic E-state index is 0.142. The van der Waals surface area contributed by atoms with Crippen molar-refractivity contribution in [2.75, 3.05) is 44.2 Å². The van der Waals surface area contributed by atoms with Gasteiger partial charge in [-0.05, 0) is 55.2 Å². The molecule has 2 aromatic rings. The van der Waals surface area contributed by atoms with Crippen LogP contribution in [0.5, 0.6) is 5.75 Å². The third kappa shape index (κ3) is 7.64. The SMILES string of the molecule is CC.CC.NC(N)=C(/C=C(\N)c1ccccc1O)N1CC2CCCC(C1)N2c1cccc(CN2CCNCC2)c1. The molecule has 0 saturated carbocycles. The highest BCUT2D eigenvalue weighted by atomic mass is 16.3. The number of hydrogen-bond acceptors (Lipinski definition) is 8. The average Bonchev–Trinajstić information content (AvgIpc) is 2.98. The summed E-state index contributed by atoms with van der Waals surface area (Å²) in [6.45, 7) is 15.0. The van der Waals surface area contributed by atoms with Crippen molar-refractivity contribution in [2.45, 2.75) is 65.6 Å². The van der Waals surface area contributed by atoms with Crippen molar-refractivity contribution >= 4 is 11.4 Å². The van der Waals surface area contributed by atoms with E-state index < -0.39 is 0 Å². The molecule has 3 aliphatic heterocycles. The fourth-order valence-corrected chi connectivity index (χ4v) is 5.97. The van der Waals surface area contributed by atoms with Crippen LogP contribution >= 0.6 is 0 Å². The molecule has 0 aliphatic carbocycles. The minimum Gasteiger partial charge on any atom is -0.507 e. The van der Waals surface area contributed by atoms with E-state index in [2.05, 4.69) is 44.3 Å². The van der Waals surface area contributed by atoms with Crippen LogP contribution in [0, 0.1) is 0 Å². The number of piperazine rings is 2. The van der Waals surface area contributed by atoms with Gasteiger partial charge in [-0.15, -0.1) is 0 Å². The summed E-state index contributed by atoms with van der Waals surface area (Å²) in [5, 5.41) is 13.7. The van der Waals surface area contributed by atoms with Gasteiger partial charge in [0.25, 0.3) is 0 Å². The Bertz CT molecular complexity index is 1110. The lowest BCUT2D eigenvalue weighted by molar-refractivity contribution is 0.193. The highest BCUT2D eigenvalue weighted by molar-refractivity contribution is 5.70. The molecule has 2 unspecified atom stereocenters. The molecule has 220 valence electrons. The van der Waals surface area contributed by atoms with Crippen LogP contribution in [-0.4, -0.2) is 66.3 Å². The monoisotopic (exact) mass is 549 g/mol. The first-order valence-corrected chi connectivity index (χ1v) is 15.1. The number of benzene rings is 2. The first-order chi connectivity index (χ1) is 19.5. The smallest absolute Gasteiger partial charge is 0.124 e. The lowest BCUT2D eigenvalue weighted by atomic mass is 9.89. The van der Waals surface area contributed by atoms with Gasteiger partial charge in [-0.25, -0.2) is 0 Å². The van der Waals surface area contributed by atoms with Crippen molar-refractivity contribution in [3.05, 3.63) is 77.3 Å². The standard InChI is InChI=1S/C28H39N7O.2C2H6/c29-25(24-9-1-2-10-27(24)36)16-26(28(30)31)34-18-22-7-4-8-23(19-34)35(22)21-6-3-5-20(15-21)17-33-13-11-32-12-14-33;2*1-2/h1-3,5-6,9-10,15-16,22-23,32,36H,4,7-8,11-14,17-19,29-31H2;2*1-2H3/b25-16-;;. The van der Waals surface area contributed by atoms with Gasteiger partial charge in [0.1, 0.15) is 11.6 Å². The maximum atomic E-state index is 10.2. The number of nitrogens with two attached hydrogens (primary N) is 3. The Hall–Kier alpha value is -3.36. The van der Waals surface area contributed by atoms with Crippen molar-refractivity contribution in [1.82, 2.24) is 15.1 Å². The molecule has 3 heterocycles. The number of hydrogen-bond donors (Lipinski definition) is 5. The van der Waals surface area contributed by atoms with Gasteiger partial charge in [0.05, 0.1) is 5.70 Å². The average molecular weight is 550 g/mol. The van der Waals surface area contributed by atoms with E-state index in [1.807, 2.05) is 39.8 Å². The molecule has 40 heavy (non-hydrogen) atoms. The van der Waals surface area contributed by atoms with Crippen molar-refractivity contribution in [2.24, 2.45) is 17.2 Å². The zero-order chi connectivity index (χ0) is 29.1. The van der Waals surface area contributed by atoms with E-state index >= 15 is 0 Å². The predicted octanol–water partition coefficient (Wildman–Crippen LogP) is 3.98. The number of rotatable bonds is 6. The molecule has 0 aromatic heterocycles. The molecule has 3 aliphatic rings. The second kappa shape index (κ2) is 15.4. The molecule has 2 aromatic carbocycles. The van der Waals surface area contributed by atoms with Gasteiger partial charge in [0.15, 0.2) is 0 Å². The van der Waals surface area contributed by atoms with Gasteiger partial charge in [-0.3, -0.25) is 4.90 Å². The third-order valence-corrected chi connectivity index (χ3v) is 7.69. The summed E-state index contributed by atoms with van der Waals surface area (Å²) in [7, 11) is 0. The number of anilines is 1. The van der Waals surface area contributed by atoms with Gasteiger partial charge in [-0.1, -0.05) is 52.0 Å². The van der Waals surface area contributed by atoms with E-state index in [0.717, 1.165) is 64.4 Å². The summed E-state index contributed by atoms with van der Waals surface area (Å²) in [4.78, 5) is 7.43. The van der Waals surface area contributed by atoms with E-state index in [1.165, 1.54) is 17.7 Å². The van der Waals surface area contributed by atoms with E-state index in [4.69, 9.17) is 17.2 Å². The van der Waals surface area contributed by atoms with Gasteiger partial charge in [0, 0.05) is 74.8 Å². The molecular formula is C32H51N7O. The van der Waals surface area contributed by atoms with Crippen LogP contribution in [-0.2, 0) is 6.54 Å². The molecule has 2 bridgehead atoms. The number of phenolic OH excluding ortho intramolecular Hbond substituents is 1. The number of para-hydroxylation sites is 1. The van der Waals surface area contributed by atoms with Crippen LogP contribution in [0.3, 0.4) is 0 Å². The molecule has 3 saturated heterocycles. The molecule has 0 spiro atoms. The lowest BCUT2D eigenvalue weighted by Crippen LogP contribution is -2.61. The lowest BCUT2D eigenvalue weighted by Gasteiger charge is -2.52. The van der Waals surface area contributed by atoms with Crippen LogP contribution < -0.4 is 27.4 Å². The molecule has 0 amide bonds. The number of nitrogens with one attached hydrogen (secondary N) is 1. The number of piperidine rings is 1. The quantitative estimate of drug-likeness (QED) is 0.343. The highest BCUT2D eigenvalue weighted by Gasteiger charge is 2.38. The predicted molar refractivity (Wildman–Crippen MR) is 168 cm³/mol. The van der Waals surface area contributed by atoms with Crippen molar-refractivity contribution in [3.63, 3.8) is 0 Å². The molecule has 8 heteroatoms. The maximum absolute atomic E-state index is 10.2. The Kier molecular flexibility index (Phi) is 12.0. The summed E-state index contributed by atoms with van der Waals surface area (Å²) in [5.74, 6) is 0.390. The van der Waals surface area contributed by atoms with Gasteiger partial charge >= 0.3 is 0 Å². The van der Waals surface area contributed by atoms with Crippen molar-refractivity contribution < 1.29 is 5.11 Å². The molecule has 0 radical (unpaired) electrons. The van der Waals surface area contributed by atoms with Crippen LogP contribution in [0.1, 0.15) is 58.1 Å². The minimum absolute atomic E-state index is 0.142. The fraction of sp³-hybridized carbons (Fsp3) is 0.500. The van der Waals surface area contributed by atoms with Crippen LogP contribution in [0.15, 0.2) is 66.1 Å². The molecule has 8 nitrogen and oxygen atoms in total. The van der Waals surface area contributed by atoms with Crippen LogP contribution in [0.25, 0.3) is 5.70 Å². The summed E-state index contributed by atoms with van der Waals surface area (Å²) in [5.41, 5.74) is 23.2. The number of fused-ring (bicyclic) bond motifs is 2. The Morgan fingerprint density at radius 3 is 2.20 bits per heavy atom. The number of allylic oxidation sites excluding steroid dienone is 1. The topological polar surface area (TPSA) is 120 Å². The molecule has 5 rings (SSSR count). The third-order valence-electron chi connectivity index (χ3n) is 7.69. The first-order valence-electron chi connectivity index (χ1n) is 15.1. The summed E-state index contributed by atoms with van der Waals surface area (Å²) < 4.78 is 0. The number of phenols is 1.